The predicted molar refractivity (Wildman–Crippen MR) is 225 cm³/mol. The Morgan fingerprint density at radius 2 is 0.852 bits per heavy atom. The largest absolute Gasteiger partial charge is 0.469 e. The zero-order chi connectivity index (χ0) is 39.6. The number of carbonyl (C=O) groups excluding carboxylic acids is 2. The Labute approximate surface area is 331 Å². The molecule has 8 nitrogen and oxygen atoms in total. The van der Waals surface area contributed by atoms with Gasteiger partial charge >= 0.3 is 19.8 Å². The molecule has 0 bridgehead atoms. The molecule has 0 saturated heterocycles. The monoisotopic (exact) mass is 781 g/mol. The first-order valence-corrected chi connectivity index (χ1v) is 23.5. The van der Waals surface area contributed by atoms with Crippen LogP contribution in [0.3, 0.4) is 0 Å². The summed E-state index contributed by atoms with van der Waals surface area (Å²) >= 11 is 0. The van der Waals surface area contributed by atoms with Crippen molar-refractivity contribution >= 4 is 19.8 Å². The minimum absolute atomic E-state index is 0.195. The number of phosphoric acid groups is 1. The van der Waals surface area contributed by atoms with E-state index in [9.17, 15) is 14.2 Å². The lowest BCUT2D eigenvalue weighted by molar-refractivity contribution is -0.161. The van der Waals surface area contributed by atoms with E-state index in [1.807, 2.05) is 6.08 Å². The van der Waals surface area contributed by atoms with E-state index in [-0.39, 0.29) is 19.4 Å². The number of carbonyl (C=O) groups is 2. The minimum atomic E-state index is -4.77. The normalized spacial score (nSPS) is 12.9. The van der Waals surface area contributed by atoms with E-state index in [1.165, 1.54) is 122 Å². The van der Waals surface area contributed by atoms with Crippen molar-refractivity contribution in [3.8, 4) is 0 Å². The van der Waals surface area contributed by atoms with Gasteiger partial charge in [-0.3, -0.25) is 14.1 Å². The van der Waals surface area contributed by atoms with Crippen molar-refractivity contribution in [2.75, 3.05) is 13.2 Å². The number of esters is 2. The summed E-state index contributed by atoms with van der Waals surface area (Å²) in [4.78, 5) is 42.9. The van der Waals surface area contributed by atoms with Crippen LogP contribution in [0, 0.1) is 0 Å². The molecule has 0 aliphatic rings. The standard InChI is InChI=1S/C45H81O8P/c1-3-5-7-9-11-13-15-17-19-21-22-24-26-28-30-32-34-36-38-40-45(47)53-43(42-52-54(48,49)50)41-51-44(46)39-37-35-33-31-29-27-25-23-20-18-16-14-12-10-8-6-4-2/h17-20,25,27,31,33,43H,3-16,21-24,26,28-30,32,34-42H2,1-2H3,(H2,48,49,50)/b19-17+,20-18+,27-25+,33-31+/t43-/m1/s1. The second kappa shape index (κ2) is 40.7. The van der Waals surface area contributed by atoms with E-state index in [4.69, 9.17) is 19.3 Å². The van der Waals surface area contributed by atoms with Crippen LogP contribution in [0.1, 0.15) is 206 Å². The first kappa shape index (κ1) is 52.0. The number of phosphoric ester groups is 1. The minimum Gasteiger partial charge on any atom is -0.462 e. The molecule has 0 amide bonds. The van der Waals surface area contributed by atoms with Crippen LogP contribution in [-0.4, -0.2) is 41.0 Å². The molecule has 54 heavy (non-hydrogen) atoms. The fourth-order valence-electron chi connectivity index (χ4n) is 6.03. The number of rotatable bonds is 40. The number of unbranched alkanes of at least 4 members (excludes halogenated alkanes) is 22. The van der Waals surface area contributed by atoms with Crippen molar-refractivity contribution in [1.29, 1.82) is 0 Å². The lowest BCUT2D eigenvalue weighted by atomic mass is 10.1. The average molecular weight is 781 g/mol. The average Bonchev–Trinajstić information content (AvgIpc) is 3.14. The molecule has 0 aliphatic heterocycles. The molecule has 9 heteroatoms. The number of ether oxygens (including phenoxy) is 2. The Morgan fingerprint density at radius 1 is 0.481 bits per heavy atom. The van der Waals surface area contributed by atoms with Crippen molar-refractivity contribution in [2.45, 2.75) is 213 Å². The molecule has 0 saturated carbocycles. The number of hydrogen-bond acceptors (Lipinski definition) is 6. The highest BCUT2D eigenvalue weighted by molar-refractivity contribution is 7.46. The van der Waals surface area contributed by atoms with Gasteiger partial charge in [0.1, 0.15) is 6.61 Å². The molecule has 0 aromatic carbocycles. The summed E-state index contributed by atoms with van der Waals surface area (Å²) in [7, 11) is -4.77. The van der Waals surface area contributed by atoms with Gasteiger partial charge in [-0.1, -0.05) is 172 Å². The van der Waals surface area contributed by atoms with E-state index in [1.54, 1.807) is 0 Å². The molecule has 0 heterocycles. The Balaban J connectivity index is 3.97. The zero-order valence-electron chi connectivity index (χ0n) is 34.6. The molecule has 0 radical (unpaired) electrons. The molecule has 0 aromatic heterocycles. The first-order valence-electron chi connectivity index (χ1n) is 21.9. The van der Waals surface area contributed by atoms with Crippen molar-refractivity contribution < 1.29 is 37.9 Å². The summed E-state index contributed by atoms with van der Waals surface area (Å²) in [5.41, 5.74) is 0. The molecule has 1 atom stereocenters. The van der Waals surface area contributed by atoms with Gasteiger partial charge in [-0.25, -0.2) is 4.57 Å². The van der Waals surface area contributed by atoms with Crippen LogP contribution in [0.5, 0.6) is 0 Å². The summed E-state index contributed by atoms with van der Waals surface area (Å²) < 4.78 is 26.4. The SMILES string of the molecule is CCCCCCCC/C=C/C/C=C/C/C=C/CCCC(=O)OC[C@H](COP(=O)(O)O)OC(=O)CCCCCCCCCCC/C=C/CCCCCCCC. The van der Waals surface area contributed by atoms with Crippen molar-refractivity contribution in [3.05, 3.63) is 48.6 Å². The highest BCUT2D eigenvalue weighted by atomic mass is 31.2. The Hall–Kier alpha value is -1.99. The van der Waals surface area contributed by atoms with Crippen LogP contribution < -0.4 is 0 Å². The molecule has 2 N–H and O–H groups in total. The lowest BCUT2D eigenvalue weighted by Gasteiger charge is -2.18. The van der Waals surface area contributed by atoms with Gasteiger partial charge in [0.25, 0.3) is 0 Å². The van der Waals surface area contributed by atoms with Crippen LogP contribution >= 0.6 is 7.82 Å². The van der Waals surface area contributed by atoms with Crippen molar-refractivity contribution in [1.82, 2.24) is 0 Å². The second-order valence-corrected chi connectivity index (χ2v) is 15.9. The highest BCUT2D eigenvalue weighted by Crippen LogP contribution is 2.36. The van der Waals surface area contributed by atoms with Crippen LogP contribution in [0.25, 0.3) is 0 Å². The molecule has 0 aliphatic carbocycles. The summed E-state index contributed by atoms with van der Waals surface area (Å²) in [6.07, 6.45) is 49.8. The molecule has 0 rings (SSSR count). The summed E-state index contributed by atoms with van der Waals surface area (Å²) in [6, 6.07) is 0. The summed E-state index contributed by atoms with van der Waals surface area (Å²) in [5, 5.41) is 0. The van der Waals surface area contributed by atoms with Crippen LogP contribution in [0.4, 0.5) is 0 Å². The first-order chi connectivity index (χ1) is 26.3. The van der Waals surface area contributed by atoms with Gasteiger partial charge in [0.15, 0.2) is 6.10 Å². The van der Waals surface area contributed by atoms with E-state index in [2.05, 4.69) is 60.9 Å². The summed E-state index contributed by atoms with van der Waals surface area (Å²) in [6.45, 7) is 3.64. The van der Waals surface area contributed by atoms with Crippen LogP contribution in [0.15, 0.2) is 48.6 Å². The molecule has 0 spiro atoms. The predicted octanol–water partition coefficient (Wildman–Crippen LogP) is 13.5. The van der Waals surface area contributed by atoms with E-state index < -0.39 is 32.5 Å². The van der Waals surface area contributed by atoms with Gasteiger partial charge in [-0.05, 0) is 70.6 Å². The van der Waals surface area contributed by atoms with E-state index in [0.29, 0.717) is 12.8 Å². The van der Waals surface area contributed by atoms with Gasteiger partial charge in [-0.2, -0.15) is 0 Å². The van der Waals surface area contributed by atoms with E-state index >= 15 is 0 Å². The fraction of sp³-hybridized carbons (Fsp3) is 0.778. The third kappa shape index (κ3) is 42.7. The maximum atomic E-state index is 12.4. The maximum Gasteiger partial charge on any atom is 0.469 e. The van der Waals surface area contributed by atoms with Gasteiger partial charge in [0.05, 0.1) is 6.61 Å². The van der Waals surface area contributed by atoms with Gasteiger partial charge in [0, 0.05) is 12.8 Å². The molecule has 0 unspecified atom stereocenters. The van der Waals surface area contributed by atoms with Crippen molar-refractivity contribution in [3.63, 3.8) is 0 Å². The molecular weight excluding hydrogens is 699 g/mol. The molecule has 0 fully saturated rings. The van der Waals surface area contributed by atoms with Gasteiger partial charge in [0.2, 0.25) is 0 Å². The van der Waals surface area contributed by atoms with Gasteiger partial charge in [-0.15, -0.1) is 0 Å². The second-order valence-electron chi connectivity index (χ2n) is 14.7. The maximum absolute atomic E-state index is 12.4. The number of hydrogen-bond donors (Lipinski definition) is 2. The zero-order valence-corrected chi connectivity index (χ0v) is 35.5. The van der Waals surface area contributed by atoms with Crippen molar-refractivity contribution in [2.24, 2.45) is 0 Å². The lowest BCUT2D eigenvalue weighted by Crippen LogP contribution is -2.29. The molecule has 0 aromatic rings. The Morgan fingerprint density at radius 3 is 1.31 bits per heavy atom. The topological polar surface area (TPSA) is 119 Å². The Bertz CT molecular complexity index is 1020. The highest BCUT2D eigenvalue weighted by Gasteiger charge is 2.22. The van der Waals surface area contributed by atoms with E-state index in [0.717, 1.165) is 44.9 Å². The fourth-order valence-corrected chi connectivity index (χ4v) is 6.39. The Kier molecular flexibility index (Phi) is 39.2. The third-order valence-electron chi connectivity index (χ3n) is 9.32. The summed E-state index contributed by atoms with van der Waals surface area (Å²) in [5.74, 6) is -0.946. The molecular formula is C45H81O8P. The smallest absolute Gasteiger partial charge is 0.462 e. The third-order valence-corrected chi connectivity index (χ3v) is 9.81. The van der Waals surface area contributed by atoms with Gasteiger partial charge < -0.3 is 19.3 Å². The molecule has 314 valence electrons. The number of allylic oxidation sites excluding steroid dienone is 8. The quantitative estimate of drug-likeness (QED) is 0.0273. The van der Waals surface area contributed by atoms with Crippen LogP contribution in [-0.2, 0) is 28.2 Å². The van der Waals surface area contributed by atoms with Crippen LogP contribution in [0.2, 0.25) is 0 Å².